The van der Waals surface area contributed by atoms with Crippen LogP contribution in [0.25, 0.3) is 0 Å². The van der Waals surface area contributed by atoms with Crippen LogP contribution in [0.2, 0.25) is 0 Å². The van der Waals surface area contributed by atoms with Crippen LogP contribution in [-0.2, 0) is 6.42 Å². The first-order chi connectivity index (χ1) is 12.2. The number of hydrogen-bond donors (Lipinski definition) is 1. The number of rotatable bonds is 6. The first-order valence-corrected chi connectivity index (χ1v) is 8.07. The minimum atomic E-state index is -0.183. The molecule has 25 heavy (non-hydrogen) atoms. The Balaban J connectivity index is 1.74. The van der Waals surface area contributed by atoms with Gasteiger partial charge in [0.15, 0.2) is 5.82 Å². The molecule has 0 atom stereocenters. The lowest BCUT2D eigenvalue weighted by atomic mass is 10.1. The summed E-state index contributed by atoms with van der Waals surface area (Å²) in [4.78, 5) is 16.7. The molecule has 0 unspecified atom stereocenters. The third kappa shape index (κ3) is 4.23. The van der Waals surface area contributed by atoms with E-state index in [2.05, 4.69) is 15.5 Å². The smallest absolute Gasteiger partial charge is 0.255 e. The van der Waals surface area contributed by atoms with Crippen LogP contribution in [0, 0.1) is 6.92 Å². The molecule has 0 saturated heterocycles. The van der Waals surface area contributed by atoms with Crippen LogP contribution in [0.4, 0.5) is 5.69 Å². The highest BCUT2D eigenvalue weighted by Gasteiger charge is 2.12. The van der Waals surface area contributed by atoms with Gasteiger partial charge in [0.1, 0.15) is 5.75 Å². The van der Waals surface area contributed by atoms with E-state index in [-0.39, 0.29) is 5.91 Å². The highest BCUT2D eigenvalue weighted by Crippen LogP contribution is 2.20. The molecule has 0 spiro atoms. The SMILES string of the molecule is CCOc1ccc(C(=O)Nc2ccccc2Cc2nc(C)no2)cc1. The molecule has 1 amide bonds. The zero-order valence-electron chi connectivity index (χ0n) is 14.2. The van der Waals surface area contributed by atoms with Crippen molar-refractivity contribution in [3.63, 3.8) is 0 Å². The zero-order chi connectivity index (χ0) is 17.6. The molecule has 0 aliphatic rings. The maximum absolute atomic E-state index is 12.5. The van der Waals surface area contributed by atoms with Crippen LogP contribution in [0.5, 0.6) is 5.75 Å². The summed E-state index contributed by atoms with van der Waals surface area (Å²) >= 11 is 0. The Morgan fingerprint density at radius 2 is 1.92 bits per heavy atom. The van der Waals surface area contributed by atoms with Gasteiger partial charge in [0, 0.05) is 11.3 Å². The number of benzene rings is 2. The second-order valence-electron chi connectivity index (χ2n) is 5.48. The van der Waals surface area contributed by atoms with E-state index in [4.69, 9.17) is 9.26 Å². The van der Waals surface area contributed by atoms with Crippen molar-refractivity contribution in [3.05, 3.63) is 71.4 Å². The number of aryl methyl sites for hydroxylation is 1. The van der Waals surface area contributed by atoms with Crippen molar-refractivity contribution >= 4 is 11.6 Å². The van der Waals surface area contributed by atoms with Gasteiger partial charge in [0.2, 0.25) is 5.89 Å². The largest absolute Gasteiger partial charge is 0.494 e. The average Bonchev–Trinajstić information content (AvgIpc) is 3.02. The van der Waals surface area contributed by atoms with E-state index < -0.39 is 0 Å². The summed E-state index contributed by atoms with van der Waals surface area (Å²) < 4.78 is 10.6. The predicted molar refractivity (Wildman–Crippen MR) is 93.8 cm³/mol. The lowest BCUT2D eigenvalue weighted by molar-refractivity contribution is 0.102. The predicted octanol–water partition coefficient (Wildman–Crippen LogP) is 3.62. The van der Waals surface area contributed by atoms with Crippen molar-refractivity contribution in [1.82, 2.24) is 10.1 Å². The summed E-state index contributed by atoms with van der Waals surface area (Å²) in [6.45, 7) is 4.28. The van der Waals surface area contributed by atoms with E-state index in [9.17, 15) is 4.79 Å². The molecule has 6 nitrogen and oxygen atoms in total. The Morgan fingerprint density at radius 1 is 1.16 bits per heavy atom. The van der Waals surface area contributed by atoms with Gasteiger partial charge >= 0.3 is 0 Å². The summed E-state index contributed by atoms with van der Waals surface area (Å²) in [5.74, 6) is 1.66. The average molecular weight is 337 g/mol. The van der Waals surface area contributed by atoms with Gasteiger partial charge in [-0.25, -0.2) is 0 Å². The molecule has 0 aliphatic carbocycles. The second-order valence-corrected chi connectivity index (χ2v) is 5.48. The minimum absolute atomic E-state index is 0.183. The fourth-order valence-electron chi connectivity index (χ4n) is 2.43. The Labute approximate surface area is 145 Å². The monoisotopic (exact) mass is 337 g/mol. The fourth-order valence-corrected chi connectivity index (χ4v) is 2.43. The third-order valence-corrected chi connectivity index (χ3v) is 3.60. The van der Waals surface area contributed by atoms with Gasteiger partial charge < -0.3 is 14.6 Å². The number of ether oxygens (including phenoxy) is 1. The summed E-state index contributed by atoms with van der Waals surface area (Å²) in [6.07, 6.45) is 0.459. The number of nitrogens with zero attached hydrogens (tertiary/aromatic N) is 2. The van der Waals surface area contributed by atoms with Crippen molar-refractivity contribution < 1.29 is 14.1 Å². The number of carbonyl (C=O) groups excluding carboxylic acids is 1. The maximum Gasteiger partial charge on any atom is 0.255 e. The summed E-state index contributed by atoms with van der Waals surface area (Å²) in [5.41, 5.74) is 2.19. The normalized spacial score (nSPS) is 10.5. The molecule has 3 aromatic rings. The minimum Gasteiger partial charge on any atom is -0.494 e. The standard InChI is InChI=1S/C19H19N3O3/c1-3-24-16-10-8-14(9-11-16)19(23)21-17-7-5-4-6-15(17)12-18-20-13(2)22-25-18/h4-11H,3,12H2,1-2H3,(H,21,23). The zero-order valence-corrected chi connectivity index (χ0v) is 14.2. The first kappa shape index (κ1) is 16.7. The molecular formula is C19H19N3O3. The fraction of sp³-hybridized carbons (Fsp3) is 0.211. The second kappa shape index (κ2) is 7.61. The number of anilines is 1. The molecule has 0 saturated carbocycles. The van der Waals surface area contributed by atoms with E-state index in [1.54, 1.807) is 31.2 Å². The van der Waals surface area contributed by atoms with Crippen molar-refractivity contribution in [2.75, 3.05) is 11.9 Å². The quantitative estimate of drug-likeness (QED) is 0.743. The molecule has 128 valence electrons. The lowest BCUT2D eigenvalue weighted by Gasteiger charge is -2.10. The molecule has 0 radical (unpaired) electrons. The Hall–Kier alpha value is -3.15. The Kier molecular flexibility index (Phi) is 5.09. The molecule has 2 aromatic carbocycles. The van der Waals surface area contributed by atoms with Crippen LogP contribution < -0.4 is 10.1 Å². The highest BCUT2D eigenvalue weighted by atomic mass is 16.5. The molecule has 6 heteroatoms. The number of amides is 1. The Morgan fingerprint density at radius 3 is 2.60 bits per heavy atom. The topological polar surface area (TPSA) is 77.2 Å². The molecule has 1 N–H and O–H groups in total. The first-order valence-electron chi connectivity index (χ1n) is 8.07. The van der Waals surface area contributed by atoms with Gasteiger partial charge in [0.25, 0.3) is 5.91 Å². The van der Waals surface area contributed by atoms with Gasteiger partial charge in [0.05, 0.1) is 13.0 Å². The molecule has 0 bridgehead atoms. The van der Waals surface area contributed by atoms with Crippen LogP contribution in [-0.4, -0.2) is 22.7 Å². The van der Waals surface area contributed by atoms with Crippen molar-refractivity contribution in [2.45, 2.75) is 20.3 Å². The van der Waals surface area contributed by atoms with Crippen molar-refractivity contribution in [3.8, 4) is 5.75 Å². The van der Waals surface area contributed by atoms with Crippen LogP contribution >= 0.6 is 0 Å². The van der Waals surface area contributed by atoms with Gasteiger partial charge in [-0.1, -0.05) is 23.4 Å². The molecule has 0 fully saturated rings. The van der Waals surface area contributed by atoms with Crippen LogP contribution in [0.3, 0.4) is 0 Å². The molecule has 1 heterocycles. The van der Waals surface area contributed by atoms with Crippen LogP contribution in [0.1, 0.15) is 34.6 Å². The molecule has 0 aliphatic heterocycles. The number of nitrogens with one attached hydrogen (secondary N) is 1. The van der Waals surface area contributed by atoms with E-state index in [1.807, 2.05) is 31.2 Å². The molecular weight excluding hydrogens is 318 g/mol. The molecule has 1 aromatic heterocycles. The third-order valence-electron chi connectivity index (χ3n) is 3.60. The van der Waals surface area contributed by atoms with Gasteiger partial charge in [-0.2, -0.15) is 4.98 Å². The number of hydrogen-bond acceptors (Lipinski definition) is 5. The highest BCUT2D eigenvalue weighted by molar-refractivity contribution is 6.04. The van der Waals surface area contributed by atoms with Gasteiger partial charge in [-0.05, 0) is 49.7 Å². The summed E-state index contributed by atoms with van der Waals surface area (Å²) in [6, 6.07) is 14.6. The van der Waals surface area contributed by atoms with E-state index >= 15 is 0 Å². The van der Waals surface area contributed by atoms with E-state index in [1.165, 1.54) is 0 Å². The number of carbonyl (C=O) groups is 1. The number of para-hydroxylation sites is 1. The summed E-state index contributed by atoms with van der Waals surface area (Å²) in [5, 5.41) is 6.72. The van der Waals surface area contributed by atoms with Gasteiger partial charge in [-0.15, -0.1) is 0 Å². The van der Waals surface area contributed by atoms with Crippen LogP contribution in [0.15, 0.2) is 53.1 Å². The van der Waals surface area contributed by atoms with Crippen molar-refractivity contribution in [2.24, 2.45) is 0 Å². The van der Waals surface area contributed by atoms with E-state index in [0.717, 1.165) is 17.0 Å². The van der Waals surface area contributed by atoms with E-state index in [0.29, 0.717) is 30.3 Å². The molecule has 3 rings (SSSR count). The van der Waals surface area contributed by atoms with Gasteiger partial charge in [-0.3, -0.25) is 4.79 Å². The Bertz CT molecular complexity index is 856. The van der Waals surface area contributed by atoms with Crippen molar-refractivity contribution in [1.29, 1.82) is 0 Å². The lowest BCUT2D eigenvalue weighted by Crippen LogP contribution is -2.13. The summed E-state index contributed by atoms with van der Waals surface area (Å²) in [7, 11) is 0. The number of aromatic nitrogens is 2. The maximum atomic E-state index is 12.5.